The van der Waals surface area contributed by atoms with Gasteiger partial charge in [0, 0.05) is 12.2 Å². The van der Waals surface area contributed by atoms with Crippen LogP contribution < -0.4 is 16.8 Å². The van der Waals surface area contributed by atoms with Gasteiger partial charge in [-0.2, -0.15) is 0 Å². The lowest BCUT2D eigenvalue weighted by atomic mass is 10.2. The molecule has 1 amide bonds. The summed E-state index contributed by atoms with van der Waals surface area (Å²) in [6.45, 7) is 1.42. The topological polar surface area (TPSA) is 81.1 Å². The number of carbonyl (C=O) groups is 1. The standard InChI is InChI=1S/C10H14ClN3O/c11-9-6-7(14-5-1-4-12)2-3-8(9)10(13)15/h2-3,6,14H,1,4-5,12H2,(H2,13,15). The van der Waals surface area contributed by atoms with E-state index in [4.69, 9.17) is 23.1 Å². The van der Waals surface area contributed by atoms with Crippen LogP contribution in [-0.4, -0.2) is 19.0 Å². The number of amides is 1. The molecule has 15 heavy (non-hydrogen) atoms. The van der Waals surface area contributed by atoms with E-state index in [9.17, 15) is 4.79 Å². The first-order valence-corrected chi connectivity index (χ1v) is 5.06. The number of hydrogen-bond acceptors (Lipinski definition) is 3. The van der Waals surface area contributed by atoms with E-state index in [-0.39, 0.29) is 0 Å². The van der Waals surface area contributed by atoms with Gasteiger partial charge in [-0.1, -0.05) is 11.6 Å². The van der Waals surface area contributed by atoms with Crippen molar-refractivity contribution in [2.75, 3.05) is 18.4 Å². The molecule has 5 N–H and O–H groups in total. The highest BCUT2D eigenvalue weighted by atomic mass is 35.5. The van der Waals surface area contributed by atoms with Crippen LogP contribution in [0.3, 0.4) is 0 Å². The predicted molar refractivity (Wildman–Crippen MR) is 62.1 cm³/mol. The summed E-state index contributed by atoms with van der Waals surface area (Å²) in [5, 5.41) is 3.50. The third-order valence-electron chi connectivity index (χ3n) is 1.94. The van der Waals surface area contributed by atoms with Crippen LogP contribution in [-0.2, 0) is 0 Å². The van der Waals surface area contributed by atoms with Crippen molar-refractivity contribution >= 4 is 23.2 Å². The maximum Gasteiger partial charge on any atom is 0.250 e. The Kier molecular flexibility index (Phi) is 4.39. The second-order valence-electron chi connectivity index (χ2n) is 3.13. The van der Waals surface area contributed by atoms with Crippen molar-refractivity contribution < 1.29 is 4.79 Å². The summed E-state index contributed by atoms with van der Waals surface area (Å²) in [5.74, 6) is -0.520. The van der Waals surface area contributed by atoms with E-state index in [1.54, 1.807) is 18.2 Å². The van der Waals surface area contributed by atoms with Crippen LogP contribution in [0.4, 0.5) is 5.69 Å². The monoisotopic (exact) mass is 227 g/mol. The predicted octanol–water partition coefficient (Wildman–Crippen LogP) is 1.20. The van der Waals surface area contributed by atoms with E-state index < -0.39 is 5.91 Å². The van der Waals surface area contributed by atoms with Crippen LogP contribution in [0.15, 0.2) is 18.2 Å². The molecule has 0 aliphatic carbocycles. The fourth-order valence-electron chi connectivity index (χ4n) is 1.16. The molecular formula is C10H14ClN3O. The van der Waals surface area contributed by atoms with Crippen molar-refractivity contribution in [3.05, 3.63) is 28.8 Å². The minimum Gasteiger partial charge on any atom is -0.385 e. The van der Waals surface area contributed by atoms with Crippen LogP contribution in [0, 0.1) is 0 Å². The number of anilines is 1. The normalized spacial score (nSPS) is 10.0. The molecule has 0 bridgehead atoms. The maximum absolute atomic E-state index is 10.9. The molecule has 1 rings (SSSR count). The molecule has 1 aromatic carbocycles. The van der Waals surface area contributed by atoms with Gasteiger partial charge in [0.15, 0.2) is 0 Å². The Morgan fingerprint density at radius 3 is 2.73 bits per heavy atom. The molecule has 0 saturated heterocycles. The summed E-state index contributed by atoms with van der Waals surface area (Å²) in [6.07, 6.45) is 0.884. The SMILES string of the molecule is NCCCNc1ccc(C(N)=O)c(Cl)c1. The summed E-state index contributed by atoms with van der Waals surface area (Å²) in [5.41, 5.74) is 11.7. The number of benzene rings is 1. The minimum absolute atomic E-state index is 0.334. The van der Waals surface area contributed by atoms with Gasteiger partial charge in [-0.3, -0.25) is 4.79 Å². The van der Waals surface area contributed by atoms with Crippen LogP contribution in [0.1, 0.15) is 16.8 Å². The number of halogens is 1. The molecule has 0 aromatic heterocycles. The first kappa shape index (κ1) is 11.8. The van der Waals surface area contributed by atoms with Crippen molar-refractivity contribution in [3.8, 4) is 0 Å². The molecule has 0 aliphatic heterocycles. The molecule has 0 unspecified atom stereocenters. The second-order valence-corrected chi connectivity index (χ2v) is 3.54. The number of rotatable bonds is 5. The molecule has 1 aromatic rings. The van der Waals surface area contributed by atoms with Gasteiger partial charge in [0.05, 0.1) is 10.6 Å². The van der Waals surface area contributed by atoms with Crippen LogP contribution in [0.5, 0.6) is 0 Å². The average molecular weight is 228 g/mol. The Morgan fingerprint density at radius 1 is 1.47 bits per heavy atom. The van der Waals surface area contributed by atoms with Gasteiger partial charge in [-0.15, -0.1) is 0 Å². The van der Waals surface area contributed by atoms with Gasteiger partial charge >= 0.3 is 0 Å². The fourth-order valence-corrected chi connectivity index (χ4v) is 1.43. The summed E-state index contributed by atoms with van der Waals surface area (Å²) in [6, 6.07) is 5.05. The highest BCUT2D eigenvalue weighted by Crippen LogP contribution is 2.20. The number of primary amides is 1. The molecule has 0 spiro atoms. The lowest BCUT2D eigenvalue weighted by Crippen LogP contribution is -2.12. The average Bonchev–Trinajstić information content (AvgIpc) is 2.17. The van der Waals surface area contributed by atoms with Gasteiger partial charge in [0.2, 0.25) is 5.91 Å². The number of hydrogen-bond donors (Lipinski definition) is 3. The third-order valence-corrected chi connectivity index (χ3v) is 2.26. The Morgan fingerprint density at radius 2 is 2.20 bits per heavy atom. The first-order chi connectivity index (χ1) is 7.15. The summed E-state index contributed by atoms with van der Waals surface area (Å²) in [7, 11) is 0. The van der Waals surface area contributed by atoms with Gasteiger partial charge in [0.1, 0.15) is 0 Å². The van der Waals surface area contributed by atoms with Crippen molar-refractivity contribution in [1.82, 2.24) is 0 Å². The van der Waals surface area contributed by atoms with Crippen molar-refractivity contribution in [2.24, 2.45) is 11.5 Å². The van der Waals surface area contributed by atoms with Crippen molar-refractivity contribution in [2.45, 2.75) is 6.42 Å². The van der Waals surface area contributed by atoms with Crippen LogP contribution in [0.25, 0.3) is 0 Å². The van der Waals surface area contributed by atoms with Crippen LogP contribution in [0.2, 0.25) is 5.02 Å². The Hall–Kier alpha value is -1.26. The molecule has 0 saturated carbocycles. The van der Waals surface area contributed by atoms with E-state index in [2.05, 4.69) is 5.32 Å². The lowest BCUT2D eigenvalue weighted by molar-refractivity contribution is 0.100. The fraction of sp³-hybridized carbons (Fsp3) is 0.300. The van der Waals surface area contributed by atoms with Crippen molar-refractivity contribution in [1.29, 1.82) is 0 Å². The quantitative estimate of drug-likeness (QED) is 0.662. The zero-order valence-electron chi connectivity index (χ0n) is 8.29. The zero-order chi connectivity index (χ0) is 11.3. The van der Waals surface area contributed by atoms with E-state index in [1.807, 2.05) is 0 Å². The maximum atomic E-state index is 10.9. The van der Waals surface area contributed by atoms with Gasteiger partial charge < -0.3 is 16.8 Å². The highest BCUT2D eigenvalue weighted by Gasteiger charge is 2.06. The van der Waals surface area contributed by atoms with Gasteiger partial charge in [-0.05, 0) is 31.2 Å². The molecule has 5 heteroatoms. The smallest absolute Gasteiger partial charge is 0.250 e. The van der Waals surface area contributed by atoms with E-state index in [1.165, 1.54) is 0 Å². The molecule has 0 radical (unpaired) electrons. The summed E-state index contributed by atoms with van der Waals surface area (Å²) in [4.78, 5) is 10.9. The summed E-state index contributed by atoms with van der Waals surface area (Å²) < 4.78 is 0. The Bertz CT molecular complexity index is 355. The molecule has 0 heterocycles. The summed E-state index contributed by atoms with van der Waals surface area (Å²) >= 11 is 5.87. The van der Waals surface area contributed by atoms with Crippen LogP contribution >= 0.6 is 11.6 Å². The number of carbonyl (C=O) groups excluding carboxylic acids is 1. The lowest BCUT2D eigenvalue weighted by Gasteiger charge is -2.07. The molecule has 4 nitrogen and oxygen atoms in total. The van der Waals surface area contributed by atoms with Gasteiger partial charge in [0.25, 0.3) is 0 Å². The van der Waals surface area contributed by atoms with E-state index in [0.717, 1.165) is 18.7 Å². The van der Waals surface area contributed by atoms with E-state index >= 15 is 0 Å². The number of nitrogens with one attached hydrogen (secondary N) is 1. The third kappa shape index (κ3) is 3.42. The van der Waals surface area contributed by atoms with Crippen molar-refractivity contribution in [3.63, 3.8) is 0 Å². The largest absolute Gasteiger partial charge is 0.385 e. The van der Waals surface area contributed by atoms with E-state index in [0.29, 0.717) is 17.1 Å². The van der Waals surface area contributed by atoms with Gasteiger partial charge in [-0.25, -0.2) is 0 Å². The molecule has 0 atom stereocenters. The first-order valence-electron chi connectivity index (χ1n) is 4.68. The Balaban J connectivity index is 2.69. The zero-order valence-corrected chi connectivity index (χ0v) is 9.05. The number of nitrogens with two attached hydrogens (primary N) is 2. The molecular weight excluding hydrogens is 214 g/mol. The molecule has 0 fully saturated rings. The molecule has 82 valence electrons. The second kappa shape index (κ2) is 5.58. The minimum atomic E-state index is -0.520. The molecule has 0 aliphatic rings. The Labute approximate surface area is 93.6 Å². The highest BCUT2D eigenvalue weighted by molar-refractivity contribution is 6.34.